The topological polar surface area (TPSA) is 49.3 Å². The second-order valence-electron chi connectivity index (χ2n) is 10.8. The molecule has 0 aromatic heterocycles. The highest BCUT2D eigenvalue weighted by Gasteiger charge is 2.35. The number of hydrogen-bond donors (Lipinski definition) is 2. The van der Waals surface area contributed by atoms with Gasteiger partial charge in [-0.1, -0.05) is 90.9 Å². The lowest BCUT2D eigenvalue weighted by Crippen LogP contribution is -2.57. The first-order valence-corrected chi connectivity index (χ1v) is 12.6. The van der Waals surface area contributed by atoms with Gasteiger partial charge in [0.05, 0.1) is 0 Å². The Bertz CT molecular complexity index is 388. The number of nitrogens with one attached hydrogen (secondary N) is 1. The number of carboxylic acids is 1. The van der Waals surface area contributed by atoms with Gasteiger partial charge < -0.3 is 10.4 Å². The summed E-state index contributed by atoms with van der Waals surface area (Å²) >= 11 is 0. The summed E-state index contributed by atoms with van der Waals surface area (Å²) in [7, 11) is 0. The Morgan fingerprint density at radius 2 is 1.10 bits per heavy atom. The summed E-state index contributed by atoms with van der Waals surface area (Å²) in [5, 5.41) is 12.2. The number of hydrogen-bond acceptors (Lipinski definition) is 2. The van der Waals surface area contributed by atoms with Crippen molar-refractivity contribution in [2.45, 2.75) is 155 Å². The van der Waals surface area contributed by atoms with Crippen LogP contribution in [-0.2, 0) is 4.79 Å². The monoisotopic (exact) mass is 411 g/mol. The van der Waals surface area contributed by atoms with Crippen LogP contribution in [-0.4, -0.2) is 22.2 Å². The molecule has 0 amide bonds. The van der Waals surface area contributed by atoms with Crippen molar-refractivity contribution in [2.75, 3.05) is 0 Å². The third kappa shape index (κ3) is 19.2. The third-order valence-electron chi connectivity index (χ3n) is 5.89. The molecule has 0 aromatic rings. The molecule has 0 radical (unpaired) electrons. The van der Waals surface area contributed by atoms with Gasteiger partial charge in [0, 0.05) is 17.5 Å². The van der Waals surface area contributed by atoms with Gasteiger partial charge in [-0.25, -0.2) is 0 Å². The summed E-state index contributed by atoms with van der Waals surface area (Å²) < 4.78 is 0. The van der Waals surface area contributed by atoms with Gasteiger partial charge in [0.1, 0.15) is 0 Å². The van der Waals surface area contributed by atoms with Gasteiger partial charge in [0.15, 0.2) is 0 Å². The molecule has 3 nitrogen and oxygen atoms in total. The summed E-state index contributed by atoms with van der Waals surface area (Å²) in [6.07, 6.45) is 19.9. The Hall–Kier alpha value is -0.570. The third-order valence-corrected chi connectivity index (χ3v) is 5.89. The van der Waals surface area contributed by atoms with Crippen LogP contribution in [0.3, 0.4) is 0 Å². The van der Waals surface area contributed by atoms with Gasteiger partial charge in [-0.3, -0.25) is 4.79 Å². The molecule has 2 N–H and O–H groups in total. The molecule has 0 atom stereocenters. The molecule has 0 unspecified atom stereocenters. The largest absolute Gasteiger partial charge is 0.481 e. The van der Waals surface area contributed by atoms with Gasteiger partial charge in [-0.05, 0) is 52.9 Å². The molecule has 0 aliphatic carbocycles. The Morgan fingerprint density at radius 3 is 1.41 bits per heavy atom. The minimum absolute atomic E-state index is 0.334. The van der Waals surface area contributed by atoms with Crippen molar-refractivity contribution in [3.63, 3.8) is 0 Å². The van der Waals surface area contributed by atoms with Crippen LogP contribution in [0.15, 0.2) is 0 Å². The van der Waals surface area contributed by atoms with Crippen molar-refractivity contribution in [3.05, 3.63) is 0 Å². The maximum atomic E-state index is 10.3. The molecule has 0 aromatic carbocycles. The first-order valence-electron chi connectivity index (χ1n) is 12.6. The smallest absolute Gasteiger partial charge is 0.303 e. The van der Waals surface area contributed by atoms with Gasteiger partial charge >= 0.3 is 5.97 Å². The molecule has 1 aliphatic heterocycles. The van der Waals surface area contributed by atoms with Gasteiger partial charge in [-0.2, -0.15) is 0 Å². The number of aliphatic carboxylic acids is 1. The SMILES string of the molecule is CC1CC(C)(C)NC(C)(C)C1.CCCCCCCCCCCCCCCC(=O)O. The Kier molecular flexibility index (Phi) is 15.8. The van der Waals surface area contributed by atoms with E-state index < -0.39 is 5.97 Å². The van der Waals surface area contributed by atoms with Crippen molar-refractivity contribution in [1.82, 2.24) is 5.32 Å². The minimum atomic E-state index is -0.655. The summed E-state index contributed by atoms with van der Waals surface area (Å²) in [4.78, 5) is 10.3. The van der Waals surface area contributed by atoms with Crippen LogP contribution in [0, 0.1) is 5.92 Å². The lowest BCUT2D eigenvalue weighted by Gasteiger charge is -2.45. The fourth-order valence-corrected chi connectivity index (χ4v) is 5.13. The van der Waals surface area contributed by atoms with Crippen LogP contribution in [0.25, 0.3) is 0 Å². The van der Waals surface area contributed by atoms with E-state index in [1.807, 2.05) is 0 Å². The molecule has 1 heterocycles. The molecule has 1 rings (SSSR count). The van der Waals surface area contributed by atoms with Crippen molar-refractivity contribution in [1.29, 1.82) is 0 Å². The van der Waals surface area contributed by atoms with Crippen LogP contribution in [0.2, 0.25) is 0 Å². The van der Waals surface area contributed by atoms with E-state index in [0.29, 0.717) is 17.5 Å². The predicted molar refractivity (Wildman–Crippen MR) is 128 cm³/mol. The summed E-state index contributed by atoms with van der Waals surface area (Å²) in [6.45, 7) is 13.8. The van der Waals surface area contributed by atoms with E-state index in [1.54, 1.807) is 0 Å². The van der Waals surface area contributed by atoms with Crippen molar-refractivity contribution < 1.29 is 9.90 Å². The molecule has 29 heavy (non-hydrogen) atoms. The Morgan fingerprint density at radius 1 is 0.759 bits per heavy atom. The summed E-state index contributed by atoms with van der Waals surface area (Å²) in [5.74, 6) is 0.208. The highest BCUT2D eigenvalue weighted by atomic mass is 16.4. The average Bonchev–Trinajstić information content (AvgIpc) is 2.56. The molecular weight excluding hydrogens is 358 g/mol. The number of piperidine rings is 1. The maximum absolute atomic E-state index is 10.3. The van der Waals surface area contributed by atoms with Crippen LogP contribution >= 0.6 is 0 Å². The Balaban J connectivity index is 0.000000604. The van der Waals surface area contributed by atoms with E-state index >= 15 is 0 Å². The van der Waals surface area contributed by atoms with Crippen LogP contribution in [0.1, 0.15) is 144 Å². The molecule has 1 saturated heterocycles. The summed E-state index contributed by atoms with van der Waals surface area (Å²) in [5.41, 5.74) is 0.669. The Labute approximate surface area is 182 Å². The lowest BCUT2D eigenvalue weighted by molar-refractivity contribution is -0.137. The van der Waals surface area contributed by atoms with Crippen molar-refractivity contribution in [2.24, 2.45) is 5.92 Å². The van der Waals surface area contributed by atoms with E-state index in [9.17, 15) is 4.79 Å². The fraction of sp³-hybridized carbons (Fsp3) is 0.962. The molecule has 0 saturated carbocycles. The number of rotatable bonds is 14. The van der Waals surface area contributed by atoms with Gasteiger partial charge in [0.2, 0.25) is 0 Å². The minimum Gasteiger partial charge on any atom is -0.481 e. The fourth-order valence-electron chi connectivity index (χ4n) is 5.13. The quantitative estimate of drug-likeness (QED) is 0.284. The zero-order valence-electron chi connectivity index (χ0n) is 20.7. The normalized spacial score (nSPS) is 18.1. The standard InChI is InChI=1S/C16H32O2.C10H21N/c1-2-3-4-5-6-7-8-9-10-11-12-13-14-15-16(17)18;1-8-6-9(2,3)11-10(4,5)7-8/h2-15H2,1H3,(H,17,18);8,11H,6-7H2,1-5H3. The number of carbonyl (C=O) groups is 1. The molecule has 0 spiro atoms. The van der Waals surface area contributed by atoms with Crippen LogP contribution in [0.5, 0.6) is 0 Å². The zero-order valence-corrected chi connectivity index (χ0v) is 20.7. The maximum Gasteiger partial charge on any atom is 0.303 e. The second-order valence-corrected chi connectivity index (χ2v) is 10.8. The summed E-state index contributed by atoms with van der Waals surface area (Å²) in [6, 6.07) is 0. The van der Waals surface area contributed by atoms with E-state index in [-0.39, 0.29) is 0 Å². The first kappa shape index (κ1) is 28.4. The molecule has 174 valence electrons. The molecule has 3 heteroatoms. The van der Waals surface area contributed by atoms with E-state index in [2.05, 4.69) is 46.9 Å². The second kappa shape index (κ2) is 16.2. The highest BCUT2D eigenvalue weighted by Crippen LogP contribution is 2.32. The molecular formula is C26H53NO2. The van der Waals surface area contributed by atoms with Crippen LogP contribution < -0.4 is 5.32 Å². The number of unbranched alkanes of at least 4 members (excludes halogenated alkanes) is 12. The molecule has 1 aliphatic rings. The number of carboxylic acid groups (broad SMARTS) is 1. The molecule has 0 bridgehead atoms. The van der Waals surface area contributed by atoms with Gasteiger partial charge in [0.25, 0.3) is 0 Å². The van der Waals surface area contributed by atoms with Crippen molar-refractivity contribution in [3.8, 4) is 0 Å². The van der Waals surface area contributed by atoms with Crippen molar-refractivity contribution >= 4 is 5.97 Å². The van der Waals surface area contributed by atoms with Gasteiger partial charge in [-0.15, -0.1) is 0 Å². The van der Waals surface area contributed by atoms with E-state index in [4.69, 9.17) is 5.11 Å². The zero-order chi connectivity index (χ0) is 22.2. The average molecular weight is 412 g/mol. The van der Waals surface area contributed by atoms with E-state index in [0.717, 1.165) is 18.8 Å². The first-order chi connectivity index (χ1) is 13.6. The molecule has 1 fully saturated rings. The van der Waals surface area contributed by atoms with Crippen LogP contribution in [0.4, 0.5) is 0 Å². The van der Waals surface area contributed by atoms with E-state index in [1.165, 1.54) is 83.5 Å². The highest BCUT2D eigenvalue weighted by molar-refractivity contribution is 5.66. The lowest BCUT2D eigenvalue weighted by atomic mass is 9.77. The predicted octanol–water partition coefficient (Wildman–Crippen LogP) is 8.12.